The van der Waals surface area contributed by atoms with E-state index in [4.69, 9.17) is 14.1 Å². The standard InChI is InChI=1S/C22H31FN4O2/c23-20-6-4-19(5-7-20)8-11-25-22(26-12-9-21-3-1-16-29-21)24-10-2-13-27-14-17-28-18-15-27/h1,3-7,16H,2,8-15,17-18H2,(H2,24,25,26). The lowest BCUT2D eigenvalue weighted by molar-refractivity contribution is 0.0377. The molecule has 3 rings (SSSR count). The van der Waals surface area contributed by atoms with Gasteiger partial charge in [-0.05, 0) is 42.7 Å². The average molecular weight is 403 g/mol. The third-order valence-corrected chi connectivity index (χ3v) is 4.87. The minimum Gasteiger partial charge on any atom is -0.469 e. The topological polar surface area (TPSA) is 62.0 Å². The van der Waals surface area contributed by atoms with E-state index in [1.165, 1.54) is 12.1 Å². The molecule has 1 aliphatic rings. The van der Waals surface area contributed by atoms with Crippen LogP contribution in [0.2, 0.25) is 0 Å². The van der Waals surface area contributed by atoms with Gasteiger partial charge in [0.25, 0.3) is 0 Å². The number of halogens is 1. The summed E-state index contributed by atoms with van der Waals surface area (Å²) in [6.07, 6.45) is 4.33. The molecule has 0 amide bonds. The van der Waals surface area contributed by atoms with Gasteiger partial charge in [0, 0.05) is 45.7 Å². The number of rotatable bonds is 10. The van der Waals surface area contributed by atoms with E-state index in [1.54, 1.807) is 6.26 Å². The van der Waals surface area contributed by atoms with Gasteiger partial charge in [0.05, 0.1) is 19.5 Å². The monoisotopic (exact) mass is 402 g/mol. The van der Waals surface area contributed by atoms with Crippen LogP contribution in [0.1, 0.15) is 17.7 Å². The van der Waals surface area contributed by atoms with Gasteiger partial charge in [-0.15, -0.1) is 0 Å². The van der Waals surface area contributed by atoms with Gasteiger partial charge in [-0.3, -0.25) is 9.89 Å². The van der Waals surface area contributed by atoms with E-state index in [-0.39, 0.29) is 5.82 Å². The minimum absolute atomic E-state index is 0.205. The van der Waals surface area contributed by atoms with Crippen molar-refractivity contribution in [2.24, 2.45) is 4.99 Å². The van der Waals surface area contributed by atoms with Gasteiger partial charge in [0.15, 0.2) is 5.96 Å². The molecule has 1 fully saturated rings. The van der Waals surface area contributed by atoms with Gasteiger partial charge in [-0.1, -0.05) is 12.1 Å². The lowest BCUT2D eigenvalue weighted by Gasteiger charge is -2.26. The molecule has 1 aromatic heterocycles. The van der Waals surface area contributed by atoms with Crippen molar-refractivity contribution in [3.8, 4) is 0 Å². The summed E-state index contributed by atoms with van der Waals surface area (Å²) in [6.45, 7) is 6.97. The SMILES string of the molecule is Fc1ccc(CCNC(=NCCCN2CCOCC2)NCCc2ccco2)cc1. The maximum absolute atomic E-state index is 13.0. The molecule has 2 N–H and O–H groups in total. The highest BCUT2D eigenvalue weighted by Gasteiger charge is 2.09. The lowest BCUT2D eigenvalue weighted by atomic mass is 10.1. The minimum atomic E-state index is -0.205. The van der Waals surface area contributed by atoms with E-state index in [2.05, 4.69) is 15.5 Å². The molecule has 0 unspecified atom stereocenters. The van der Waals surface area contributed by atoms with Crippen molar-refractivity contribution in [2.45, 2.75) is 19.3 Å². The summed E-state index contributed by atoms with van der Waals surface area (Å²) in [5.74, 6) is 1.56. The number of hydrogen-bond acceptors (Lipinski definition) is 4. The Bertz CT molecular complexity index is 713. The van der Waals surface area contributed by atoms with Gasteiger partial charge in [-0.2, -0.15) is 0 Å². The van der Waals surface area contributed by atoms with E-state index in [0.717, 1.165) is 89.0 Å². The molecular formula is C22H31FN4O2. The molecule has 7 heteroatoms. The summed E-state index contributed by atoms with van der Waals surface area (Å²) in [6, 6.07) is 10.5. The molecule has 0 bridgehead atoms. The number of ether oxygens (including phenoxy) is 1. The number of nitrogens with one attached hydrogen (secondary N) is 2. The Balaban J connectivity index is 1.42. The first-order valence-electron chi connectivity index (χ1n) is 10.4. The number of nitrogens with zero attached hydrogens (tertiary/aromatic N) is 2. The van der Waals surface area contributed by atoms with Gasteiger partial charge >= 0.3 is 0 Å². The van der Waals surface area contributed by atoms with E-state index in [1.807, 2.05) is 24.3 Å². The first kappa shape index (κ1) is 21.3. The van der Waals surface area contributed by atoms with Crippen LogP contribution in [0.5, 0.6) is 0 Å². The summed E-state index contributed by atoms with van der Waals surface area (Å²) in [7, 11) is 0. The molecule has 2 aromatic rings. The number of benzene rings is 1. The maximum atomic E-state index is 13.0. The molecule has 1 aliphatic heterocycles. The van der Waals surface area contributed by atoms with E-state index in [9.17, 15) is 4.39 Å². The second-order valence-electron chi connectivity index (χ2n) is 7.10. The molecule has 1 saturated heterocycles. The highest BCUT2D eigenvalue weighted by atomic mass is 19.1. The van der Waals surface area contributed by atoms with Crippen molar-refractivity contribution in [3.05, 3.63) is 59.8 Å². The Morgan fingerprint density at radius 2 is 1.79 bits per heavy atom. The molecule has 0 radical (unpaired) electrons. The van der Waals surface area contributed by atoms with E-state index < -0.39 is 0 Å². The van der Waals surface area contributed by atoms with Crippen molar-refractivity contribution in [1.82, 2.24) is 15.5 Å². The number of aliphatic imine (C=N–C) groups is 1. The van der Waals surface area contributed by atoms with Gasteiger partial charge < -0.3 is 19.8 Å². The predicted molar refractivity (Wildman–Crippen MR) is 113 cm³/mol. The van der Waals surface area contributed by atoms with Crippen LogP contribution in [0.15, 0.2) is 52.1 Å². The quantitative estimate of drug-likeness (QED) is 0.363. The summed E-state index contributed by atoms with van der Waals surface area (Å²) >= 11 is 0. The van der Waals surface area contributed by atoms with Crippen LogP contribution in [0, 0.1) is 5.82 Å². The first-order valence-corrected chi connectivity index (χ1v) is 10.4. The summed E-state index contributed by atoms with van der Waals surface area (Å²) in [5, 5.41) is 6.76. The van der Waals surface area contributed by atoms with Crippen molar-refractivity contribution in [1.29, 1.82) is 0 Å². The molecule has 6 nitrogen and oxygen atoms in total. The molecule has 158 valence electrons. The van der Waals surface area contributed by atoms with Crippen molar-refractivity contribution in [2.75, 3.05) is 52.5 Å². The molecule has 0 saturated carbocycles. The molecule has 2 heterocycles. The Morgan fingerprint density at radius 3 is 2.52 bits per heavy atom. The van der Waals surface area contributed by atoms with Crippen LogP contribution in [-0.2, 0) is 17.6 Å². The van der Waals surface area contributed by atoms with Crippen molar-refractivity contribution >= 4 is 5.96 Å². The highest BCUT2D eigenvalue weighted by molar-refractivity contribution is 5.79. The van der Waals surface area contributed by atoms with Crippen LogP contribution >= 0.6 is 0 Å². The highest BCUT2D eigenvalue weighted by Crippen LogP contribution is 2.03. The second kappa shape index (κ2) is 12.2. The smallest absolute Gasteiger partial charge is 0.191 e. The number of hydrogen-bond donors (Lipinski definition) is 2. The largest absolute Gasteiger partial charge is 0.469 e. The fraction of sp³-hybridized carbons (Fsp3) is 0.500. The van der Waals surface area contributed by atoms with E-state index >= 15 is 0 Å². The molecule has 0 atom stereocenters. The predicted octanol–water partition coefficient (Wildman–Crippen LogP) is 2.46. The Hall–Kier alpha value is -2.38. The second-order valence-corrected chi connectivity index (χ2v) is 7.10. The van der Waals surface area contributed by atoms with Crippen molar-refractivity contribution in [3.63, 3.8) is 0 Å². The summed E-state index contributed by atoms with van der Waals surface area (Å²) in [5.41, 5.74) is 1.10. The maximum Gasteiger partial charge on any atom is 0.191 e. The number of morpholine rings is 1. The zero-order chi connectivity index (χ0) is 20.2. The normalized spacial score (nSPS) is 15.4. The molecular weight excluding hydrogens is 371 g/mol. The molecule has 29 heavy (non-hydrogen) atoms. The zero-order valence-electron chi connectivity index (χ0n) is 16.9. The number of furan rings is 1. The molecule has 1 aromatic carbocycles. The third-order valence-electron chi connectivity index (χ3n) is 4.87. The van der Waals surface area contributed by atoms with Gasteiger partial charge in [-0.25, -0.2) is 4.39 Å². The van der Waals surface area contributed by atoms with Crippen LogP contribution in [-0.4, -0.2) is 63.3 Å². The Kier molecular flexibility index (Phi) is 9.00. The van der Waals surface area contributed by atoms with Crippen molar-refractivity contribution < 1.29 is 13.5 Å². The average Bonchev–Trinajstić information content (AvgIpc) is 3.26. The lowest BCUT2D eigenvalue weighted by Crippen LogP contribution is -2.40. The van der Waals surface area contributed by atoms with E-state index in [0.29, 0.717) is 0 Å². The Labute approximate surface area is 172 Å². The van der Waals surface area contributed by atoms with Crippen LogP contribution in [0.3, 0.4) is 0 Å². The third kappa shape index (κ3) is 8.25. The molecule has 0 spiro atoms. The van der Waals surface area contributed by atoms with Crippen LogP contribution in [0.25, 0.3) is 0 Å². The first-order chi connectivity index (χ1) is 14.3. The zero-order valence-corrected chi connectivity index (χ0v) is 16.9. The Morgan fingerprint density at radius 1 is 1.03 bits per heavy atom. The summed E-state index contributed by atoms with van der Waals surface area (Å²) in [4.78, 5) is 7.14. The summed E-state index contributed by atoms with van der Waals surface area (Å²) < 4.78 is 23.8. The number of guanidine groups is 1. The van der Waals surface area contributed by atoms with Crippen LogP contribution in [0.4, 0.5) is 4.39 Å². The van der Waals surface area contributed by atoms with Crippen LogP contribution < -0.4 is 10.6 Å². The fourth-order valence-corrected chi connectivity index (χ4v) is 3.22. The van der Waals surface area contributed by atoms with Gasteiger partial charge in [0.2, 0.25) is 0 Å². The van der Waals surface area contributed by atoms with Gasteiger partial charge in [0.1, 0.15) is 11.6 Å². The molecule has 0 aliphatic carbocycles. The fourth-order valence-electron chi connectivity index (χ4n) is 3.22.